The molecule has 0 aliphatic heterocycles. The van der Waals surface area contributed by atoms with E-state index in [0.29, 0.717) is 6.20 Å². The molecule has 0 aliphatic rings. The first-order valence-corrected chi connectivity index (χ1v) is 11.2. The van der Waals surface area contributed by atoms with E-state index in [9.17, 15) is 40.3 Å². The van der Waals surface area contributed by atoms with Crippen molar-refractivity contribution in [1.29, 1.82) is 0 Å². The number of hydrogen-bond donors (Lipinski definition) is 1. The minimum atomic E-state index is -5.03. The summed E-state index contributed by atoms with van der Waals surface area (Å²) in [5, 5.41) is 5.08. The van der Waals surface area contributed by atoms with E-state index in [1.807, 2.05) is 0 Å². The quantitative estimate of drug-likeness (QED) is 0.312. The Labute approximate surface area is 214 Å². The van der Waals surface area contributed by atoms with Crippen LogP contribution in [0.25, 0.3) is 22.2 Å². The van der Waals surface area contributed by atoms with Gasteiger partial charge in [0.25, 0.3) is 17.5 Å². The van der Waals surface area contributed by atoms with E-state index in [-0.39, 0.29) is 22.2 Å². The molecule has 15 heteroatoms. The third-order valence-corrected chi connectivity index (χ3v) is 5.64. The largest absolute Gasteiger partial charge is 0.488 e. The van der Waals surface area contributed by atoms with E-state index in [2.05, 4.69) is 15.1 Å². The second-order valence-electron chi connectivity index (χ2n) is 8.53. The fourth-order valence-electron chi connectivity index (χ4n) is 3.86. The summed E-state index contributed by atoms with van der Waals surface area (Å²) in [6.45, 7) is 0.758. The Morgan fingerprint density at radius 2 is 1.77 bits per heavy atom. The van der Waals surface area contributed by atoms with Crippen LogP contribution in [-0.2, 0) is 12.7 Å². The van der Waals surface area contributed by atoms with E-state index < -0.39 is 71.7 Å². The Morgan fingerprint density at radius 3 is 2.41 bits per heavy atom. The molecule has 1 N–H and O–H groups in total. The second kappa shape index (κ2) is 10.8. The first kappa shape index (κ1) is 27.7. The van der Waals surface area contributed by atoms with E-state index in [1.165, 1.54) is 25.3 Å². The highest BCUT2D eigenvalue weighted by Gasteiger charge is 2.38. The summed E-state index contributed by atoms with van der Waals surface area (Å²) in [6, 6.07) is 3.55. The van der Waals surface area contributed by atoms with Gasteiger partial charge in [-0.05, 0) is 30.5 Å². The third-order valence-electron chi connectivity index (χ3n) is 5.64. The summed E-state index contributed by atoms with van der Waals surface area (Å²) in [5.74, 6) is -1.95. The van der Waals surface area contributed by atoms with Crippen molar-refractivity contribution in [3.8, 4) is 17.1 Å². The highest BCUT2D eigenvalue weighted by atomic mass is 19.4. The van der Waals surface area contributed by atoms with Crippen molar-refractivity contribution in [3.63, 3.8) is 0 Å². The molecule has 4 rings (SSSR count). The fraction of sp³-hybridized carbons (Fsp3) is 0.292. The fourth-order valence-corrected chi connectivity index (χ4v) is 3.86. The van der Waals surface area contributed by atoms with E-state index in [4.69, 9.17) is 4.74 Å². The van der Waals surface area contributed by atoms with Crippen LogP contribution in [0.4, 0.5) is 30.7 Å². The van der Waals surface area contributed by atoms with Crippen LogP contribution in [0.3, 0.4) is 0 Å². The topological polar surface area (TPSA) is 103 Å². The van der Waals surface area contributed by atoms with Crippen molar-refractivity contribution in [2.75, 3.05) is 0 Å². The number of hydrogen-bond acceptors (Lipinski definition) is 6. The maximum Gasteiger partial charge on any atom is 0.425 e. The van der Waals surface area contributed by atoms with Gasteiger partial charge in [-0.15, -0.1) is 0 Å². The van der Waals surface area contributed by atoms with Crippen molar-refractivity contribution in [1.82, 2.24) is 24.7 Å². The Kier molecular flexibility index (Phi) is 7.70. The van der Waals surface area contributed by atoms with Crippen LogP contribution in [0.2, 0.25) is 0 Å². The lowest BCUT2D eigenvalue weighted by atomic mass is 10.1. The average Bonchev–Trinajstić information content (AvgIpc) is 2.85. The minimum absolute atomic E-state index is 0.108. The molecule has 4 aromatic rings. The van der Waals surface area contributed by atoms with Crippen LogP contribution in [0.15, 0.2) is 52.6 Å². The number of aromatic amines is 1. The lowest BCUT2D eigenvalue weighted by Gasteiger charge is -2.19. The molecule has 1 aromatic carbocycles. The Bertz CT molecular complexity index is 1600. The molecule has 0 unspecified atom stereocenters. The molecule has 3 aromatic heterocycles. The van der Waals surface area contributed by atoms with Gasteiger partial charge in [-0.1, -0.05) is 0 Å². The van der Waals surface area contributed by atoms with Crippen LogP contribution < -0.4 is 15.9 Å². The van der Waals surface area contributed by atoms with Crippen molar-refractivity contribution in [2.45, 2.75) is 44.8 Å². The first-order valence-electron chi connectivity index (χ1n) is 11.2. The average molecular weight is 557 g/mol. The predicted octanol–water partition coefficient (Wildman–Crippen LogP) is 4.83. The molecular formula is C24H18F7N5O3. The van der Waals surface area contributed by atoms with E-state index >= 15 is 0 Å². The lowest BCUT2D eigenvalue weighted by Crippen LogP contribution is -2.29. The normalized spacial score (nSPS) is 13.6. The number of ether oxygens (including phenoxy) is 1. The zero-order valence-corrected chi connectivity index (χ0v) is 19.8. The second-order valence-corrected chi connectivity index (χ2v) is 8.53. The van der Waals surface area contributed by atoms with Crippen molar-refractivity contribution >= 4 is 10.8 Å². The molecule has 206 valence electrons. The molecule has 0 radical (unpaired) electrons. The summed E-state index contributed by atoms with van der Waals surface area (Å²) in [6.07, 6.45) is -7.58. The van der Waals surface area contributed by atoms with Crippen LogP contribution in [0.5, 0.6) is 5.75 Å². The Morgan fingerprint density at radius 1 is 1.08 bits per heavy atom. The number of nitrogens with zero attached hydrogens (tertiary/aromatic N) is 4. The highest BCUT2D eigenvalue weighted by molar-refractivity contribution is 5.85. The Balaban J connectivity index is 1.51. The van der Waals surface area contributed by atoms with E-state index in [1.54, 1.807) is 5.10 Å². The van der Waals surface area contributed by atoms with Gasteiger partial charge in [-0.25, -0.2) is 32.6 Å². The molecule has 8 nitrogen and oxygen atoms in total. The molecule has 0 fully saturated rings. The molecule has 39 heavy (non-hydrogen) atoms. The lowest BCUT2D eigenvalue weighted by molar-refractivity contribution is -0.140. The molecule has 3 heterocycles. The number of alkyl halides is 6. The molecule has 0 spiro atoms. The summed E-state index contributed by atoms with van der Waals surface area (Å²) in [7, 11) is 0. The van der Waals surface area contributed by atoms with Gasteiger partial charge in [0.2, 0.25) is 0 Å². The minimum Gasteiger partial charge on any atom is -0.488 e. The number of benzene rings is 1. The summed E-state index contributed by atoms with van der Waals surface area (Å²) in [5.41, 5.74) is -4.46. The van der Waals surface area contributed by atoms with Crippen molar-refractivity contribution in [2.24, 2.45) is 0 Å². The van der Waals surface area contributed by atoms with Crippen molar-refractivity contribution in [3.05, 3.63) is 80.6 Å². The number of pyridine rings is 1. The van der Waals surface area contributed by atoms with Gasteiger partial charge in [0.05, 0.1) is 35.4 Å². The monoisotopic (exact) mass is 557 g/mol. The van der Waals surface area contributed by atoms with Gasteiger partial charge in [-0.2, -0.15) is 18.3 Å². The summed E-state index contributed by atoms with van der Waals surface area (Å²) < 4.78 is 101. The molecular weight excluding hydrogens is 539 g/mol. The number of halogens is 7. The first-order chi connectivity index (χ1) is 18.3. The molecule has 0 aliphatic carbocycles. The zero-order chi connectivity index (χ0) is 28.5. The maximum atomic E-state index is 14.8. The molecule has 0 amide bonds. The van der Waals surface area contributed by atoms with Gasteiger partial charge in [-0.3, -0.25) is 9.59 Å². The molecule has 0 saturated carbocycles. The summed E-state index contributed by atoms with van der Waals surface area (Å²) >= 11 is 0. The van der Waals surface area contributed by atoms with Crippen LogP contribution in [-0.4, -0.2) is 37.0 Å². The van der Waals surface area contributed by atoms with Crippen LogP contribution >= 0.6 is 0 Å². The van der Waals surface area contributed by atoms with Crippen molar-refractivity contribution < 1.29 is 35.5 Å². The molecule has 0 saturated heterocycles. The standard InChI is InChI=1S/C24H18F7N5O3/c1-11(39-18-9-34-35-22(37)19(18)24(29,30)31)4-14(25)10-36-3-2-12-5-16(17(26)6-15(12)23(36)38)21-32-7-13(8-33-21)20(27)28/h2-3,5-9,11,14,20H,4,10H2,1H3,(H,35,37)/t11-,14-/m1/s1. The third kappa shape index (κ3) is 6.07. The number of aromatic nitrogens is 5. The number of nitrogens with one attached hydrogen (secondary N) is 1. The zero-order valence-electron chi connectivity index (χ0n) is 19.8. The van der Waals surface area contributed by atoms with Gasteiger partial charge in [0.1, 0.15) is 12.0 Å². The van der Waals surface area contributed by atoms with E-state index in [0.717, 1.165) is 23.0 Å². The number of fused-ring (bicyclic) bond motifs is 1. The van der Waals surface area contributed by atoms with Gasteiger partial charge < -0.3 is 9.30 Å². The smallest absolute Gasteiger partial charge is 0.425 e. The number of rotatable bonds is 8. The van der Waals surface area contributed by atoms with Gasteiger partial charge in [0, 0.05) is 25.0 Å². The SMILES string of the molecule is C[C@H](C[C@@H](F)Cn1ccc2cc(-c3ncc(C(F)F)cn3)c(F)cc2c1=O)Oc1cn[nH]c(=O)c1C(F)(F)F. The van der Waals surface area contributed by atoms with Gasteiger partial charge in [0.15, 0.2) is 17.1 Å². The molecule has 2 atom stereocenters. The Hall–Kier alpha value is -4.30. The van der Waals surface area contributed by atoms with Gasteiger partial charge >= 0.3 is 6.18 Å². The summed E-state index contributed by atoms with van der Waals surface area (Å²) in [4.78, 5) is 31.9. The molecule has 0 bridgehead atoms. The highest BCUT2D eigenvalue weighted by Crippen LogP contribution is 2.33. The predicted molar refractivity (Wildman–Crippen MR) is 124 cm³/mol. The maximum absolute atomic E-state index is 14.8. The van der Waals surface area contributed by atoms with Crippen LogP contribution in [0.1, 0.15) is 30.9 Å². The number of H-pyrrole nitrogens is 1. The van der Waals surface area contributed by atoms with Crippen LogP contribution in [0, 0.1) is 5.82 Å².